The van der Waals surface area contributed by atoms with Gasteiger partial charge in [0.25, 0.3) is 0 Å². The zero-order chi connectivity index (χ0) is 8.84. The lowest BCUT2D eigenvalue weighted by Gasteiger charge is -1.92. The van der Waals surface area contributed by atoms with Gasteiger partial charge in [-0.1, -0.05) is 0 Å². The quantitative estimate of drug-likeness (QED) is 0.547. The van der Waals surface area contributed by atoms with Crippen molar-refractivity contribution in [2.75, 3.05) is 5.73 Å². The standard InChI is InChI=1S/C10H8N2O/c11-7-5-13-9-2-1-8-6(10(7)9)3-4-12-8/h1-5,12H,11H2. The minimum atomic E-state index is 0.695. The maximum Gasteiger partial charge on any atom is 0.136 e. The molecule has 2 aromatic heterocycles. The lowest BCUT2D eigenvalue weighted by molar-refractivity contribution is 0.617. The van der Waals surface area contributed by atoms with Gasteiger partial charge in [-0.2, -0.15) is 0 Å². The van der Waals surface area contributed by atoms with Crippen molar-refractivity contribution in [1.29, 1.82) is 0 Å². The highest BCUT2D eigenvalue weighted by Gasteiger charge is 2.06. The summed E-state index contributed by atoms with van der Waals surface area (Å²) in [6.07, 6.45) is 3.48. The molecule has 0 atom stereocenters. The minimum Gasteiger partial charge on any atom is -0.462 e. The highest BCUT2D eigenvalue weighted by molar-refractivity contribution is 6.10. The lowest BCUT2D eigenvalue weighted by Crippen LogP contribution is -1.80. The van der Waals surface area contributed by atoms with Crippen molar-refractivity contribution in [3.05, 3.63) is 30.7 Å². The Morgan fingerprint density at radius 3 is 3.08 bits per heavy atom. The molecule has 1 aromatic carbocycles. The summed E-state index contributed by atoms with van der Waals surface area (Å²) >= 11 is 0. The summed E-state index contributed by atoms with van der Waals surface area (Å²) in [4.78, 5) is 3.13. The van der Waals surface area contributed by atoms with E-state index in [0.29, 0.717) is 5.69 Å². The number of H-pyrrole nitrogens is 1. The van der Waals surface area contributed by atoms with Crippen LogP contribution in [0.15, 0.2) is 35.1 Å². The molecule has 0 bridgehead atoms. The van der Waals surface area contributed by atoms with Gasteiger partial charge in [0.15, 0.2) is 0 Å². The molecule has 0 radical (unpaired) electrons. The molecule has 3 heteroatoms. The van der Waals surface area contributed by atoms with Crippen molar-refractivity contribution in [3.63, 3.8) is 0 Å². The Bertz CT molecular complexity index is 577. The van der Waals surface area contributed by atoms with Crippen molar-refractivity contribution in [1.82, 2.24) is 4.98 Å². The third kappa shape index (κ3) is 0.731. The van der Waals surface area contributed by atoms with Crippen LogP contribution >= 0.6 is 0 Å². The number of fused-ring (bicyclic) bond motifs is 3. The second kappa shape index (κ2) is 2.07. The van der Waals surface area contributed by atoms with Crippen LogP contribution in [-0.4, -0.2) is 4.98 Å². The van der Waals surface area contributed by atoms with E-state index >= 15 is 0 Å². The number of hydrogen-bond donors (Lipinski definition) is 2. The SMILES string of the molecule is Nc1coc2ccc3[nH]ccc3c12. The van der Waals surface area contributed by atoms with Gasteiger partial charge in [-0.05, 0) is 18.2 Å². The van der Waals surface area contributed by atoms with Gasteiger partial charge in [0.1, 0.15) is 11.8 Å². The zero-order valence-electron chi connectivity index (χ0n) is 6.87. The number of aromatic nitrogens is 1. The van der Waals surface area contributed by atoms with Crippen molar-refractivity contribution in [3.8, 4) is 0 Å². The number of rotatable bonds is 0. The van der Waals surface area contributed by atoms with Crippen LogP contribution in [0.25, 0.3) is 21.9 Å². The number of furan rings is 1. The summed E-state index contributed by atoms with van der Waals surface area (Å²) in [5.74, 6) is 0. The Kier molecular flexibility index (Phi) is 1.05. The molecule has 64 valence electrons. The minimum absolute atomic E-state index is 0.695. The van der Waals surface area contributed by atoms with Gasteiger partial charge in [-0.15, -0.1) is 0 Å². The largest absolute Gasteiger partial charge is 0.462 e. The van der Waals surface area contributed by atoms with Crippen LogP contribution < -0.4 is 5.73 Å². The fourth-order valence-electron chi connectivity index (χ4n) is 1.70. The molecule has 0 saturated heterocycles. The molecule has 0 amide bonds. The van der Waals surface area contributed by atoms with Gasteiger partial charge in [-0.25, -0.2) is 0 Å². The molecule has 2 heterocycles. The van der Waals surface area contributed by atoms with Gasteiger partial charge in [0.05, 0.1) is 11.1 Å². The van der Waals surface area contributed by atoms with Crippen molar-refractivity contribution < 1.29 is 4.42 Å². The van der Waals surface area contributed by atoms with Crippen molar-refractivity contribution in [2.45, 2.75) is 0 Å². The molecule has 0 aliphatic heterocycles. The Morgan fingerprint density at radius 1 is 1.23 bits per heavy atom. The maximum absolute atomic E-state index is 5.79. The number of hydrogen-bond acceptors (Lipinski definition) is 2. The number of anilines is 1. The van der Waals surface area contributed by atoms with Crippen LogP contribution in [0.3, 0.4) is 0 Å². The van der Waals surface area contributed by atoms with Crippen molar-refractivity contribution >= 4 is 27.6 Å². The first-order valence-electron chi connectivity index (χ1n) is 4.09. The molecule has 0 spiro atoms. The van der Waals surface area contributed by atoms with E-state index in [1.165, 1.54) is 0 Å². The first kappa shape index (κ1) is 6.60. The van der Waals surface area contributed by atoms with E-state index in [9.17, 15) is 0 Å². The molecule has 0 aliphatic rings. The topological polar surface area (TPSA) is 54.9 Å². The fraction of sp³-hybridized carbons (Fsp3) is 0. The lowest BCUT2D eigenvalue weighted by atomic mass is 10.1. The predicted molar refractivity (Wildman–Crippen MR) is 52.5 cm³/mol. The highest BCUT2D eigenvalue weighted by atomic mass is 16.3. The van der Waals surface area contributed by atoms with E-state index in [2.05, 4.69) is 4.98 Å². The van der Waals surface area contributed by atoms with E-state index in [1.807, 2.05) is 24.4 Å². The Labute approximate surface area is 74.1 Å². The fourth-order valence-corrected chi connectivity index (χ4v) is 1.70. The molecular formula is C10H8N2O. The van der Waals surface area contributed by atoms with E-state index < -0.39 is 0 Å². The van der Waals surface area contributed by atoms with Crippen LogP contribution in [0, 0.1) is 0 Å². The van der Waals surface area contributed by atoms with Gasteiger partial charge in [-0.3, -0.25) is 0 Å². The molecular weight excluding hydrogens is 164 g/mol. The summed E-state index contributed by atoms with van der Waals surface area (Å²) in [7, 11) is 0. The van der Waals surface area contributed by atoms with E-state index in [4.69, 9.17) is 10.2 Å². The third-order valence-corrected chi connectivity index (χ3v) is 2.30. The first-order chi connectivity index (χ1) is 6.36. The summed E-state index contributed by atoms with van der Waals surface area (Å²) in [6, 6.07) is 5.91. The Hall–Kier alpha value is -1.90. The normalized spacial score (nSPS) is 11.4. The summed E-state index contributed by atoms with van der Waals surface area (Å²) < 4.78 is 5.29. The Morgan fingerprint density at radius 2 is 2.15 bits per heavy atom. The molecule has 0 saturated carbocycles. The van der Waals surface area contributed by atoms with Crippen molar-refractivity contribution in [2.24, 2.45) is 0 Å². The Balaban J connectivity index is 2.70. The van der Waals surface area contributed by atoms with Crippen LogP contribution in [0.4, 0.5) is 5.69 Å². The number of aromatic amines is 1. The van der Waals surface area contributed by atoms with Crippen LogP contribution in [0.2, 0.25) is 0 Å². The summed E-state index contributed by atoms with van der Waals surface area (Å²) in [5.41, 5.74) is 8.41. The number of nitrogens with two attached hydrogens (primary N) is 1. The average Bonchev–Trinajstić information content (AvgIpc) is 2.70. The molecule has 3 nitrogen and oxygen atoms in total. The first-order valence-corrected chi connectivity index (χ1v) is 4.09. The molecule has 0 fully saturated rings. The molecule has 3 aromatic rings. The van der Waals surface area contributed by atoms with E-state index in [0.717, 1.165) is 21.9 Å². The molecule has 13 heavy (non-hydrogen) atoms. The average molecular weight is 172 g/mol. The van der Waals surface area contributed by atoms with Gasteiger partial charge < -0.3 is 15.1 Å². The predicted octanol–water partition coefficient (Wildman–Crippen LogP) is 2.50. The summed E-state index contributed by atoms with van der Waals surface area (Å²) in [5, 5.41) is 2.11. The smallest absolute Gasteiger partial charge is 0.136 e. The van der Waals surface area contributed by atoms with Gasteiger partial charge in [0, 0.05) is 17.1 Å². The second-order valence-corrected chi connectivity index (χ2v) is 3.07. The van der Waals surface area contributed by atoms with Crippen LogP contribution in [0.1, 0.15) is 0 Å². The zero-order valence-corrected chi connectivity index (χ0v) is 6.87. The number of benzene rings is 1. The van der Waals surface area contributed by atoms with E-state index in [1.54, 1.807) is 6.26 Å². The number of nitrogen functional groups attached to an aromatic ring is 1. The van der Waals surface area contributed by atoms with Crippen LogP contribution in [-0.2, 0) is 0 Å². The molecule has 3 rings (SSSR count). The maximum atomic E-state index is 5.79. The second-order valence-electron chi connectivity index (χ2n) is 3.07. The molecule has 0 aliphatic carbocycles. The molecule has 3 N–H and O–H groups in total. The van der Waals surface area contributed by atoms with E-state index in [-0.39, 0.29) is 0 Å². The number of nitrogens with one attached hydrogen (secondary N) is 1. The summed E-state index contributed by atoms with van der Waals surface area (Å²) in [6.45, 7) is 0. The molecule has 0 unspecified atom stereocenters. The third-order valence-electron chi connectivity index (χ3n) is 2.30. The van der Waals surface area contributed by atoms with Crippen LogP contribution in [0.5, 0.6) is 0 Å². The monoisotopic (exact) mass is 172 g/mol. The van der Waals surface area contributed by atoms with Gasteiger partial charge in [0.2, 0.25) is 0 Å². The highest BCUT2D eigenvalue weighted by Crippen LogP contribution is 2.30. The van der Waals surface area contributed by atoms with Gasteiger partial charge >= 0.3 is 0 Å².